The lowest BCUT2D eigenvalue weighted by molar-refractivity contribution is -0.129. The standard InChI is InChI=1S/C20H20N2O6/c1-3-8-21-17(23)12(2)28-20(26)13-6-7-15-16(10-13)19(25)22(18(15)24)11-14-5-4-9-27-14/h4-7,9-10,12H,3,8,11H2,1-2H3,(H,21,23)/t12-/m1/s1. The van der Waals surface area contributed by atoms with Crippen LogP contribution in [-0.4, -0.2) is 41.2 Å². The molecular weight excluding hydrogens is 364 g/mol. The Morgan fingerprint density at radius 2 is 1.93 bits per heavy atom. The molecule has 0 unspecified atom stereocenters. The third-order valence-corrected chi connectivity index (χ3v) is 4.30. The summed E-state index contributed by atoms with van der Waals surface area (Å²) in [6, 6.07) is 7.46. The second-order valence-electron chi connectivity index (χ2n) is 6.37. The van der Waals surface area contributed by atoms with E-state index >= 15 is 0 Å². The number of nitrogens with one attached hydrogen (secondary N) is 1. The smallest absolute Gasteiger partial charge is 0.338 e. The summed E-state index contributed by atoms with van der Waals surface area (Å²) in [6.45, 7) is 3.88. The van der Waals surface area contributed by atoms with Crippen LogP contribution in [0.5, 0.6) is 0 Å². The monoisotopic (exact) mass is 384 g/mol. The first-order valence-corrected chi connectivity index (χ1v) is 8.93. The maximum Gasteiger partial charge on any atom is 0.338 e. The van der Waals surface area contributed by atoms with Crippen LogP contribution < -0.4 is 5.32 Å². The van der Waals surface area contributed by atoms with Gasteiger partial charge >= 0.3 is 5.97 Å². The molecule has 146 valence electrons. The van der Waals surface area contributed by atoms with Gasteiger partial charge in [0.25, 0.3) is 17.7 Å². The highest BCUT2D eigenvalue weighted by molar-refractivity contribution is 6.21. The van der Waals surface area contributed by atoms with Crippen LogP contribution in [-0.2, 0) is 16.1 Å². The van der Waals surface area contributed by atoms with E-state index in [4.69, 9.17) is 9.15 Å². The van der Waals surface area contributed by atoms with Crippen molar-refractivity contribution in [3.63, 3.8) is 0 Å². The summed E-state index contributed by atoms with van der Waals surface area (Å²) in [5, 5.41) is 2.64. The molecule has 3 amide bonds. The Bertz CT molecular complexity index is 919. The molecule has 0 bridgehead atoms. The average Bonchev–Trinajstić information content (AvgIpc) is 3.28. The van der Waals surface area contributed by atoms with Crippen LogP contribution in [0.15, 0.2) is 41.0 Å². The summed E-state index contributed by atoms with van der Waals surface area (Å²) in [5.41, 5.74) is 0.422. The van der Waals surface area contributed by atoms with Crippen LogP contribution in [0.3, 0.4) is 0 Å². The number of nitrogens with zero attached hydrogens (tertiary/aromatic N) is 1. The van der Waals surface area contributed by atoms with E-state index in [1.165, 1.54) is 31.4 Å². The van der Waals surface area contributed by atoms with Gasteiger partial charge in [0.15, 0.2) is 6.10 Å². The summed E-state index contributed by atoms with van der Waals surface area (Å²) in [7, 11) is 0. The molecule has 1 aliphatic heterocycles. The van der Waals surface area contributed by atoms with Crippen molar-refractivity contribution in [1.82, 2.24) is 10.2 Å². The van der Waals surface area contributed by atoms with Gasteiger partial charge in [0.2, 0.25) is 0 Å². The molecule has 28 heavy (non-hydrogen) atoms. The number of hydrogen-bond donors (Lipinski definition) is 1. The number of rotatable bonds is 7. The zero-order valence-electron chi connectivity index (χ0n) is 15.6. The number of carbonyl (C=O) groups is 4. The summed E-state index contributed by atoms with van der Waals surface area (Å²) in [6.07, 6.45) is 1.25. The van der Waals surface area contributed by atoms with Gasteiger partial charge in [0.05, 0.1) is 29.5 Å². The zero-order chi connectivity index (χ0) is 20.3. The molecule has 1 aromatic carbocycles. The number of fused-ring (bicyclic) bond motifs is 1. The number of imide groups is 1. The van der Waals surface area contributed by atoms with E-state index in [0.717, 1.165) is 11.3 Å². The second kappa shape index (κ2) is 8.08. The maximum atomic E-state index is 12.6. The van der Waals surface area contributed by atoms with Crippen LogP contribution in [0.2, 0.25) is 0 Å². The maximum absolute atomic E-state index is 12.6. The molecule has 0 fully saturated rings. The lowest BCUT2D eigenvalue weighted by Gasteiger charge is -2.13. The number of benzene rings is 1. The molecule has 2 aromatic rings. The Kier molecular flexibility index (Phi) is 5.58. The van der Waals surface area contributed by atoms with Crippen LogP contribution in [0, 0.1) is 0 Å². The van der Waals surface area contributed by atoms with Gasteiger partial charge in [-0.1, -0.05) is 6.92 Å². The Morgan fingerprint density at radius 1 is 1.18 bits per heavy atom. The van der Waals surface area contributed by atoms with Gasteiger partial charge in [-0.3, -0.25) is 19.3 Å². The highest BCUT2D eigenvalue weighted by atomic mass is 16.5. The molecule has 1 aliphatic rings. The van der Waals surface area contributed by atoms with E-state index in [-0.39, 0.29) is 23.2 Å². The average molecular weight is 384 g/mol. The Morgan fingerprint density at radius 3 is 2.61 bits per heavy atom. The van der Waals surface area contributed by atoms with Crippen LogP contribution >= 0.6 is 0 Å². The number of hydrogen-bond acceptors (Lipinski definition) is 6. The number of furan rings is 1. The number of ether oxygens (including phenoxy) is 1. The molecule has 8 heteroatoms. The summed E-state index contributed by atoms with van der Waals surface area (Å²) in [4.78, 5) is 50.3. The van der Waals surface area contributed by atoms with E-state index in [9.17, 15) is 19.2 Å². The number of amides is 3. The van der Waals surface area contributed by atoms with Crippen molar-refractivity contribution in [3.8, 4) is 0 Å². The van der Waals surface area contributed by atoms with E-state index in [1.54, 1.807) is 12.1 Å². The van der Waals surface area contributed by atoms with E-state index in [0.29, 0.717) is 12.3 Å². The first-order chi connectivity index (χ1) is 13.4. The molecule has 1 aromatic heterocycles. The fourth-order valence-corrected chi connectivity index (χ4v) is 2.79. The number of carbonyl (C=O) groups excluding carboxylic acids is 4. The van der Waals surface area contributed by atoms with Gasteiger partial charge in [0, 0.05) is 6.54 Å². The molecule has 8 nitrogen and oxygen atoms in total. The van der Waals surface area contributed by atoms with Crippen LogP contribution in [0.1, 0.15) is 57.1 Å². The van der Waals surface area contributed by atoms with Crippen molar-refractivity contribution in [2.24, 2.45) is 0 Å². The molecule has 0 spiro atoms. The minimum Gasteiger partial charge on any atom is -0.467 e. The Labute approximate surface area is 161 Å². The van der Waals surface area contributed by atoms with Crippen molar-refractivity contribution in [3.05, 3.63) is 59.0 Å². The van der Waals surface area contributed by atoms with Crippen LogP contribution in [0.4, 0.5) is 0 Å². The quantitative estimate of drug-likeness (QED) is 0.579. The van der Waals surface area contributed by atoms with Gasteiger partial charge in [-0.15, -0.1) is 0 Å². The first kappa shape index (κ1) is 19.3. The fraction of sp³-hybridized carbons (Fsp3) is 0.300. The predicted octanol–water partition coefficient (Wildman–Crippen LogP) is 2.15. The highest BCUT2D eigenvalue weighted by Crippen LogP contribution is 2.26. The summed E-state index contributed by atoms with van der Waals surface area (Å²) in [5.74, 6) is -1.64. The first-order valence-electron chi connectivity index (χ1n) is 8.93. The largest absolute Gasteiger partial charge is 0.467 e. The van der Waals surface area contributed by atoms with E-state index in [1.807, 2.05) is 6.92 Å². The van der Waals surface area contributed by atoms with Crippen molar-refractivity contribution < 1.29 is 28.3 Å². The second-order valence-corrected chi connectivity index (χ2v) is 6.37. The van der Waals surface area contributed by atoms with Crippen molar-refractivity contribution in [2.75, 3.05) is 6.54 Å². The topological polar surface area (TPSA) is 106 Å². The van der Waals surface area contributed by atoms with Gasteiger partial charge in [-0.2, -0.15) is 0 Å². The van der Waals surface area contributed by atoms with Gasteiger partial charge in [-0.25, -0.2) is 4.79 Å². The molecule has 0 saturated heterocycles. The van der Waals surface area contributed by atoms with Gasteiger partial charge < -0.3 is 14.5 Å². The van der Waals surface area contributed by atoms with E-state index in [2.05, 4.69) is 5.32 Å². The molecule has 1 atom stereocenters. The molecule has 1 N–H and O–H groups in total. The summed E-state index contributed by atoms with van der Waals surface area (Å²) >= 11 is 0. The minimum absolute atomic E-state index is 0.00770. The third-order valence-electron chi connectivity index (χ3n) is 4.30. The lowest BCUT2D eigenvalue weighted by Crippen LogP contribution is -2.36. The lowest BCUT2D eigenvalue weighted by atomic mass is 10.1. The van der Waals surface area contributed by atoms with Crippen LogP contribution in [0.25, 0.3) is 0 Å². The summed E-state index contributed by atoms with van der Waals surface area (Å²) < 4.78 is 10.3. The normalized spacial score (nSPS) is 14.0. The third kappa shape index (κ3) is 3.80. The SMILES string of the molecule is CCCNC(=O)[C@@H](C)OC(=O)c1ccc2c(c1)C(=O)N(Cc1ccco1)C2=O. The Hall–Kier alpha value is -3.42. The highest BCUT2D eigenvalue weighted by Gasteiger charge is 2.36. The zero-order valence-corrected chi connectivity index (χ0v) is 15.6. The molecule has 0 saturated carbocycles. The molecule has 3 rings (SSSR count). The van der Waals surface area contributed by atoms with Gasteiger partial charge in [0.1, 0.15) is 5.76 Å². The molecule has 0 radical (unpaired) electrons. The minimum atomic E-state index is -0.972. The van der Waals surface area contributed by atoms with E-state index < -0.39 is 29.8 Å². The van der Waals surface area contributed by atoms with Crippen molar-refractivity contribution in [1.29, 1.82) is 0 Å². The molecule has 2 heterocycles. The predicted molar refractivity (Wildman–Crippen MR) is 97.5 cm³/mol. The molecule has 0 aliphatic carbocycles. The van der Waals surface area contributed by atoms with Crippen molar-refractivity contribution >= 4 is 23.7 Å². The van der Waals surface area contributed by atoms with Crippen molar-refractivity contribution in [2.45, 2.75) is 32.9 Å². The Balaban J connectivity index is 1.73. The van der Waals surface area contributed by atoms with Gasteiger partial charge in [-0.05, 0) is 43.7 Å². The fourth-order valence-electron chi connectivity index (χ4n) is 2.79. The molecular formula is C20H20N2O6. The number of esters is 1.